The summed E-state index contributed by atoms with van der Waals surface area (Å²) in [5, 5.41) is 6.23. The molecule has 2 amide bonds. The van der Waals surface area contributed by atoms with Gasteiger partial charge in [-0.25, -0.2) is 4.79 Å². The van der Waals surface area contributed by atoms with Crippen molar-refractivity contribution < 1.29 is 14.3 Å². The lowest BCUT2D eigenvalue weighted by Crippen LogP contribution is -2.36. The summed E-state index contributed by atoms with van der Waals surface area (Å²) in [6.45, 7) is 0.921. The van der Waals surface area contributed by atoms with Gasteiger partial charge in [-0.1, -0.05) is 29.8 Å². The number of methoxy groups -OCH3 is 2. The predicted octanol–water partition coefficient (Wildman–Crippen LogP) is 3.40. The number of ether oxygens (including phenoxy) is 2. The lowest BCUT2D eigenvalue weighted by Gasteiger charge is -2.11. The van der Waals surface area contributed by atoms with Crippen LogP contribution in [0.5, 0.6) is 11.5 Å². The van der Waals surface area contributed by atoms with Crippen LogP contribution in [0.4, 0.5) is 4.79 Å². The number of benzene rings is 2. The Hall–Kier alpha value is -2.40. The standard InChI is InChI=1S/C18H21ClN2O3/c1-23-16-7-3-13(4-8-16)9-10-20-18(22)21-12-14-5-6-15(19)11-17(14)24-2/h3-8,11H,9-10,12H2,1-2H3,(H2,20,21,22). The molecule has 0 aliphatic rings. The highest BCUT2D eigenvalue weighted by Gasteiger charge is 2.06. The van der Waals surface area contributed by atoms with Gasteiger partial charge < -0.3 is 20.1 Å². The summed E-state index contributed by atoms with van der Waals surface area (Å²) in [4.78, 5) is 11.9. The topological polar surface area (TPSA) is 59.6 Å². The minimum Gasteiger partial charge on any atom is -0.497 e. The molecule has 0 saturated carbocycles. The number of carbonyl (C=O) groups is 1. The van der Waals surface area contributed by atoms with Crippen molar-refractivity contribution in [2.24, 2.45) is 0 Å². The molecule has 24 heavy (non-hydrogen) atoms. The van der Waals surface area contributed by atoms with Gasteiger partial charge in [-0.2, -0.15) is 0 Å². The van der Waals surface area contributed by atoms with E-state index in [4.69, 9.17) is 21.1 Å². The monoisotopic (exact) mass is 348 g/mol. The van der Waals surface area contributed by atoms with Crippen molar-refractivity contribution in [3.05, 3.63) is 58.6 Å². The third kappa shape index (κ3) is 5.35. The fraction of sp³-hybridized carbons (Fsp3) is 0.278. The van der Waals surface area contributed by atoms with Crippen LogP contribution in [0.3, 0.4) is 0 Å². The van der Waals surface area contributed by atoms with Gasteiger partial charge in [0.15, 0.2) is 0 Å². The van der Waals surface area contributed by atoms with E-state index in [1.807, 2.05) is 30.3 Å². The zero-order chi connectivity index (χ0) is 17.4. The molecule has 0 atom stereocenters. The molecular formula is C18H21ClN2O3. The number of halogens is 1. The molecule has 0 saturated heterocycles. The van der Waals surface area contributed by atoms with Gasteiger partial charge in [-0.15, -0.1) is 0 Å². The van der Waals surface area contributed by atoms with Crippen molar-refractivity contribution in [1.82, 2.24) is 10.6 Å². The van der Waals surface area contributed by atoms with Gasteiger partial charge in [0.2, 0.25) is 0 Å². The second-order valence-corrected chi connectivity index (χ2v) is 5.60. The van der Waals surface area contributed by atoms with Crippen LogP contribution in [0.25, 0.3) is 0 Å². The molecule has 0 fully saturated rings. The smallest absolute Gasteiger partial charge is 0.315 e. The summed E-state index contributed by atoms with van der Waals surface area (Å²) in [5.41, 5.74) is 2.00. The third-order valence-corrected chi connectivity index (χ3v) is 3.78. The maximum Gasteiger partial charge on any atom is 0.315 e. The molecule has 2 N–H and O–H groups in total. The molecule has 5 nitrogen and oxygen atoms in total. The number of hydrogen-bond donors (Lipinski definition) is 2. The van der Waals surface area contributed by atoms with Crippen molar-refractivity contribution in [3.63, 3.8) is 0 Å². The van der Waals surface area contributed by atoms with E-state index >= 15 is 0 Å². The summed E-state index contributed by atoms with van der Waals surface area (Å²) < 4.78 is 10.4. The second kappa shape index (κ2) is 9.03. The van der Waals surface area contributed by atoms with Crippen molar-refractivity contribution >= 4 is 17.6 Å². The molecule has 0 bridgehead atoms. The largest absolute Gasteiger partial charge is 0.497 e. The van der Waals surface area contributed by atoms with Gasteiger partial charge in [-0.05, 0) is 36.2 Å². The van der Waals surface area contributed by atoms with E-state index in [1.54, 1.807) is 26.4 Å². The lowest BCUT2D eigenvalue weighted by atomic mass is 10.1. The molecule has 2 aromatic rings. The van der Waals surface area contributed by atoms with E-state index in [0.29, 0.717) is 23.9 Å². The fourth-order valence-corrected chi connectivity index (χ4v) is 2.38. The highest BCUT2D eigenvalue weighted by atomic mass is 35.5. The van der Waals surface area contributed by atoms with E-state index in [-0.39, 0.29) is 6.03 Å². The first-order valence-corrected chi connectivity index (χ1v) is 7.97. The summed E-state index contributed by atoms with van der Waals surface area (Å²) in [7, 11) is 3.21. The van der Waals surface area contributed by atoms with Crippen LogP contribution in [-0.2, 0) is 13.0 Å². The van der Waals surface area contributed by atoms with Gasteiger partial charge in [-0.3, -0.25) is 0 Å². The highest BCUT2D eigenvalue weighted by Crippen LogP contribution is 2.22. The average Bonchev–Trinajstić information content (AvgIpc) is 2.61. The first kappa shape index (κ1) is 17.9. The zero-order valence-electron chi connectivity index (χ0n) is 13.8. The van der Waals surface area contributed by atoms with Gasteiger partial charge in [0.05, 0.1) is 14.2 Å². The summed E-state index contributed by atoms with van der Waals surface area (Å²) in [5.74, 6) is 1.47. The van der Waals surface area contributed by atoms with Crippen LogP contribution < -0.4 is 20.1 Å². The van der Waals surface area contributed by atoms with E-state index in [9.17, 15) is 4.79 Å². The summed E-state index contributed by atoms with van der Waals surface area (Å²) in [6, 6.07) is 12.9. The first-order valence-electron chi connectivity index (χ1n) is 7.59. The minimum absolute atomic E-state index is 0.222. The Labute approximate surface area is 146 Å². The van der Waals surface area contributed by atoms with E-state index in [2.05, 4.69) is 10.6 Å². The number of amides is 2. The van der Waals surface area contributed by atoms with E-state index in [1.165, 1.54) is 0 Å². The number of hydrogen-bond acceptors (Lipinski definition) is 3. The van der Waals surface area contributed by atoms with Crippen molar-refractivity contribution in [1.29, 1.82) is 0 Å². The number of urea groups is 1. The normalized spacial score (nSPS) is 10.1. The number of carbonyl (C=O) groups excluding carboxylic acids is 1. The number of nitrogens with one attached hydrogen (secondary N) is 2. The Morgan fingerprint density at radius 3 is 2.46 bits per heavy atom. The fourth-order valence-electron chi connectivity index (χ4n) is 2.22. The quantitative estimate of drug-likeness (QED) is 0.806. The Morgan fingerprint density at radius 2 is 1.79 bits per heavy atom. The van der Waals surface area contributed by atoms with Crippen LogP contribution in [-0.4, -0.2) is 26.8 Å². The Balaban J connectivity index is 1.75. The number of rotatable bonds is 7. The van der Waals surface area contributed by atoms with Crippen molar-refractivity contribution in [2.75, 3.05) is 20.8 Å². The molecule has 0 aliphatic heterocycles. The molecule has 2 aromatic carbocycles. The zero-order valence-corrected chi connectivity index (χ0v) is 14.5. The minimum atomic E-state index is -0.222. The Bertz CT molecular complexity index is 674. The SMILES string of the molecule is COc1ccc(CCNC(=O)NCc2ccc(Cl)cc2OC)cc1. The third-order valence-electron chi connectivity index (χ3n) is 3.55. The van der Waals surface area contributed by atoms with E-state index < -0.39 is 0 Å². The van der Waals surface area contributed by atoms with Gasteiger partial charge in [0.1, 0.15) is 11.5 Å². The van der Waals surface area contributed by atoms with Crippen LogP contribution in [0.2, 0.25) is 5.02 Å². The van der Waals surface area contributed by atoms with Crippen molar-refractivity contribution in [3.8, 4) is 11.5 Å². The molecule has 0 heterocycles. The van der Waals surface area contributed by atoms with Crippen LogP contribution in [0.1, 0.15) is 11.1 Å². The highest BCUT2D eigenvalue weighted by molar-refractivity contribution is 6.30. The Morgan fingerprint density at radius 1 is 1.04 bits per heavy atom. The molecule has 0 unspecified atom stereocenters. The summed E-state index contributed by atoms with van der Waals surface area (Å²) >= 11 is 5.92. The molecule has 0 radical (unpaired) electrons. The van der Waals surface area contributed by atoms with Crippen LogP contribution in [0, 0.1) is 0 Å². The second-order valence-electron chi connectivity index (χ2n) is 5.16. The van der Waals surface area contributed by atoms with Crippen LogP contribution in [0.15, 0.2) is 42.5 Å². The summed E-state index contributed by atoms with van der Waals surface area (Å²) in [6.07, 6.45) is 0.752. The lowest BCUT2D eigenvalue weighted by molar-refractivity contribution is 0.240. The first-order chi connectivity index (χ1) is 11.6. The average molecular weight is 349 g/mol. The van der Waals surface area contributed by atoms with E-state index in [0.717, 1.165) is 23.3 Å². The van der Waals surface area contributed by atoms with Crippen LogP contribution >= 0.6 is 11.6 Å². The molecule has 0 aromatic heterocycles. The van der Waals surface area contributed by atoms with Gasteiger partial charge in [0, 0.05) is 23.7 Å². The van der Waals surface area contributed by atoms with Gasteiger partial charge >= 0.3 is 6.03 Å². The van der Waals surface area contributed by atoms with Crippen molar-refractivity contribution in [2.45, 2.75) is 13.0 Å². The molecule has 128 valence electrons. The maximum atomic E-state index is 11.9. The molecule has 2 rings (SSSR count). The Kier molecular flexibility index (Phi) is 6.75. The predicted molar refractivity (Wildman–Crippen MR) is 94.9 cm³/mol. The molecular weight excluding hydrogens is 328 g/mol. The maximum absolute atomic E-state index is 11.9. The van der Waals surface area contributed by atoms with Gasteiger partial charge in [0.25, 0.3) is 0 Å². The molecule has 0 spiro atoms. The molecule has 0 aliphatic carbocycles. The molecule has 6 heteroatoms.